The molecule has 1 aliphatic rings. The van der Waals surface area contributed by atoms with Crippen molar-refractivity contribution in [2.24, 2.45) is 5.92 Å². The number of benzene rings is 1. The van der Waals surface area contributed by atoms with Crippen LogP contribution in [0.5, 0.6) is 17.4 Å². The van der Waals surface area contributed by atoms with Crippen molar-refractivity contribution < 1.29 is 13.9 Å². The third-order valence-electron chi connectivity index (χ3n) is 4.74. The molecule has 2 aromatic heterocycles. The average molecular weight is 356 g/mol. The van der Waals surface area contributed by atoms with Gasteiger partial charge in [-0.05, 0) is 51.0 Å². The molecule has 136 valence electrons. The second kappa shape index (κ2) is 7.29. The minimum absolute atomic E-state index is 0.155. The normalized spacial score (nSPS) is 16.1. The number of fused-ring (bicyclic) bond motifs is 1. The minimum atomic E-state index is -0.422. The van der Waals surface area contributed by atoms with Crippen molar-refractivity contribution in [3.8, 4) is 17.4 Å². The molecule has 4 rings (SSSR count). The molecule has 1 fully saturated rings. The van der Waals surface area contributed by atoms with Gasteiger partial charge < -0.3 is 14.4 Å². The van der Waals surface area contributed by atoms with Gasteiger partial charge in [0, 0.05) is 12.3 Å². The van der Waals surface area contributed by atoms with Crippen molar-refractivity contribution in [1.29, 1.82) is 0 Å². The van der Waals surface area contributed by atoms with E-state index in [0.29, 0.717) is 35.2 Å². The molecule has 0 saturated carbocycles. The molecule has 0 aliphatic carbocycles. The van der Waals surface area contributed by atoms with Crippen LogP contribution in [0.4, 0.5) is 4.39 Å². The Kier molecular flexibility index (Phi) is 4.71. The van der Waals surface area contributed by atoms with E-state index in [4.69, 9.17) is 9.47 Å². The van der Waals surface area contributed by atoms with Crippen LogP contribution in [0.25, 0.3) is 11.0 Å². The number of halogens is 1. The van der Waals surface area contributed by atoms with E-state index in [2.05, 4.69) is 27.1 Å². The number of ether oxygens (including phenoxy) is 2. The highest BCUT2D eigenvalue weighted by Crippen LogP contribution is 2.35. The SMILES string of the molecule is CN1CCC(COc2n[nH]c3nccc(Oc4ccccc4F)c23)CC1. The van der Waals surface area contributed by atoms with Crippen LogP contribution < -0.4 is 9.47 Å². The summed E-state index contributed by atoms with van der Waals surface area (Å²) in [6.07, 6.45) is 3.81. The molecule has 0 radical (unpaired) electrons. The van der Waals surface area contributed by atoms with E-state index in [-0.39, 0.29) is 5.75 Å². The number of hydrogen-bond donors (Lipinski definition) is 1. The van der Waals surface area contributed by atoms with E-state index in [9.17, 15) is 4.39 Å². The number of likely N-dealkylation sites (tertiary alicyclic amines) is 1. The Bertz CT molecular complexity index is 890. The summed E-state index contributed by atoms with van der Waals surface area (Å²) in [4.78, 5) is 6.58. The zero-order valence-electron chi connectivity index (χ0n) is 14.6. The summed E-state index contributed by atoms with van der Waals surface area (Å²) in [7, 11) is 2.14. The maximum absolute atomic E-state index is 13.9. The number of H-pyrrole nitrogens is 1. The number of piperidine rings is 1. The Balaban J connectivity index is 1.55. The lowest BCUT2D eigenvalue weighted by Gasteiger charge is -2.28. The number of hydrogen-bond acceptors (Lipinski definition) is 5. The molecule has 0 spiro atoms. The van der Waals surface area contributed by atoms with Crippen LogP contribution >= 0.6 is 0 Å². The summed E-state index contributed by atoms with van der Waals surface area (Å²) in [5.41, 5.74) is 0.553. The Morgan fingerprint density at radius 1 is 1.19 bits per heavy atom. The van der Waals surface area contributed by atoms with Gasteiger partial charge in [0.2, 0.25) is 5.88 Å². The molecule has 0 amide bonds. The molecule has 1 aromatic carbocycles. The number of pyridine rings is 1. The van der Waals surface area contributed by atoms with Crippen molar-refractivity contribution in [2.75, 3.05) is 26.7 Å². The lowest BCUT2D eigenvalue weighted by Crippen LogP contribution is -2.32. The first kappa shape index (κ1) is 16.8. The van der Waals surface area contributed by atoms with Gasteiger partial charge in [0.1, 0.15) is 11.1 Å². The quantitative estimate of drug-likeness (QED) is 0.757. The molecule has 0 bridgehead atoms. The van der Waals surface area contributed by atoms with Crippen LogP contribution in [-0.2, 0) is 0 Å². The zero-order valence-corrected chi connectivity index (χ0v) is 14.6. The number of rotatable bonds is 5. The molecule has 1 saturated heterocycles. The van der Waals surface area contributed by atoms with Crippen molar-refractivity contribution in [3.05, 3.63) is 42.3 Å². The Morgan fingerprint density at radius 3 is 2.81 bits per heavy atom. The first-order valence-electron chi connectivity index (χ1n) is 8.77. The lowest BCUT2D eigenvalue weighted by atomic mass is 9.98. The van der Waals surface area contributed by atoms with E-state index < -0.39 is 5.82 Å². The maximum Gasteiger partial charge on any atom is 0.246 e. The fraction of sp³-hybridized carbons (Fsp3) is 0.368. The third-order valence-corrected chi connectivity index (χ3v) is 4.74. The van der Waals surface area contributed by atoms with E-state index >= 15 is 0 Å². The molecule has 1 N–H and O–H groups in total. The van der Waals surface area contributed by atoms with Crippen LogP contribution in [-0.4, -0.2) is 46.8 Å². The van der Waals surface area contributed by atoms with E-state index in [0.717, 1.165) is 25.9 Å². The van der Waals surface area contributed by atoms with Crippen LogP contribution in [0.15, 0.2) is 36.5 Å². The standard InChI is InChI=1S/C19H21FN4O2/c1-24-10-7-13(8-11-24)12-25-19-17-16(6-9-21-18(17)22-23-19)26-15-5-3-2-4-14(15)20/h2-6,9,13H,7-8,10-12H2,1H3,(H,21,22,23). The van der Waals surface area contributed by atoms with Crippen molar-refractivity contribution in [3.63, 3.8) is 0 Å². The third kappa shape index (κ3) is 3.48. The first-order valence-corrected chi connectivity index (χ1v) is 8.77. The molecule has 26 heavy (non-hydrogen) atoms. The second-order valence-electron chi connectivity index (χ2n) is 6.65. The smallest absolute Gasteiger partial charge is 0.246 e. The molecule has 7 heteroatoms. The van der Waals surface area contributed by atoms with Gasteiger partial charge in [-0.25, -0.2) is 9.37 Å². The zero-order chi connectivity index (χ0) is 17.9. The molecular formula is C19H21FN4O2. The topological polar surface area (TPSA) is 63.3 Å². The highest BCUT2D eigenvalue weighted by molar-refractivity contribution is 5.87. The van der Waals surface area contributed by atoms with Gasteiger partial charge in [-0.15, -0.1) is 5.10 Å². The summed E-state index contributed by atoms with van der Waals surface area (Å²) >= 11 is 0. The number of nitrogens with zero attached hydrogens (tertiary/aromatic N) is 3. The number of aromatic nitrogens is 3. The van der Waals surface area contributed by atoms with Crippen LogP contribution in [0.2, 0.25) is 0 Å². The van der Waals surface area contributed by atoms with Crippen LogP contribution in [0.3, 0.4) is 0 Å². The summed E-state index contributed by atoms with van der Waals surface area (Å²) < 4.78 is 25.7. The van der Waals surface area contributed by atoms with Crippen molar-refractivity contribution in [2.45, 2.75) is 12.8 Å². The summed E-state index contributed by atoms with van der Waals surface area (Å²) in [6, 6.07) is 7.98. The molecule has 3 aromatic rings. The second-order valence-corrected chi connectivity index (χ2v) is 6.65. The van der Waals surface area contributed by atoms with E-state index in [1.807, 2.05) is 0 Å². The first-order chi connectivity index (χ1) is 12.7. The number of aromatic amines is 1. The van der Waals surface area contributed by atoms with E-state index in [1.54, 1.807) is 30.5 Å². The summed E-state index contributed by atoms with van der Waals surface area (Å²) in [6.45, 7) is 2.76. The molecule has 6 nitrogen and oxygen atoms in total. The van der Waals surface area contributed by atoms with Gasteiger partial charge in [-0.3, -0.25) is 5.10 Å². The van der Waals surface area contributed by atoms with Crippen LogP contribution in [0.1, 0.15) is 12.8 Å². The maximum atomic E-state index is 13.9. The van der Waals surface area contributed by atoms with Gasteiger partial charge in [-0.2, -0.15) is 0 Å². The summed E-state index contributed by atoms with van der Waals surface area (Å²) in [5.74, 6) is 1.15. The van der Waals surface area contributed by atoms with Crippen molar-refractivity contribution in [1.82, 2.24) is 20.1 Å². The highest BCUT2D eigenvalue weighted by atomic mass is 19.1. The average Bonchev–Trinajstić information content (AvgIpc) is 3.07. The molecular weight excluding hydrogens is 335 g/mol. The number of para-hydroxylation sites is 1. The molecule has 3 heterocycles. The van der Waals surface area contributed by atoms with Gasteiger partial charge in [0.15, 0.2) is 17.2 Å². The predicted octanol–water partition coefficient (Wildman–Crippen LogP) is 3.61. The van der Waals surface area contributed by atoms with Gasteiger partial charge in [-0.1, -0.05) is 12.1 Å². The number of nitrogens with one attached hydrogen (secondary N) is 1. The molecule has 1 aliphatic heterocycles. The Labute approximate surface area is 150 Å². The molecule has 0 unspecified atom stereocenters. The largest absolute Gasteiger partial charge is 0.476 e. The van der Waals surface area contributed by atoms with Gasteiger partial charge in [0.25, 0.3) is 0 Å². The lowest BCUT2D eigenvalue weighted by molar-refractivity contribution is 0.158. The monoisotopic (exact) mass is 356 g/mol. The fourth-order valence-corrected chi connectivity index (χ4v) is 3.16. The van der Waals surface area contributed by atoms with Gasteiger partial charge in [0.05, 0.1) is 6.61 Å². The fourth-order valence-electron chi connectivity index (χ4n) is 3.16. The summed E-state index contributed by atoms with van der Waals surface area (Å²) in [5, 5.41) is 7.71. The van der Waals surface area contributed by atoms with Crippen LogP contribution in [0, 0.1) is 11.7 Å². The highest BCUT2D eigenvalue weighted by Gasteiger charge is 2.20. The Morgan fingerprint density at radius 2 is 2.00 bits per heavy atom. The minimum Gasteiger partial charge on any atom is -0.476 e. The van der Waals surface area contributed by atoms with Gasteiger partial charge >= 0.3 is 0 Å². The predicted molar refractivity (Wildman–Crippen MR) is 96.1 cm³/mol. The molecule has 0 atom stereocenters. The van der Waals surface area contributed by atoms with Crippen molar-refractivity contribution >= 4 is 11.0 Å². The van der Waals surface area contributed by atoms with E-state index in [1.165, 1.54) is 6.07 Å². The Hall–Kier alpha value is -2.67.